The lowest BCUT2D eigenvalue weighted by atomic mass is 10.2. The third-order valence-electron chi connectivity index (χ3n) is 4.20. The van der Waals surface area contributed by atoms with E-state index in [2.05, 4.69) is 31.2 Å². The van der Waals surface area contributed by atoms with Gasteiger partial charge in [0.2, 0.25) is 5.88 Å². The normalized spacial score (nSPS) is 14.6. The number of aromatic nitrogens is 4. The maximum absolute atomic E-state index is 11.2. The molecule has 4 rings (SSSR count). The van der Waals surface area contributed by atoms with Crippen molar-refractivity contribution in [2.24, 2.45) is 5.92 Å². The summed E-state index contributed by atoms with van der Waals surface area (Å²) in [5, 5.41) is 8.49. The van der Waals surface area contributed by atoms with Crippen LogP contribution in [0.15, 0.2) is 34.9 Å². The number of rotatable bonds is 7. The lowest BCUT2D eigenvalue weighted by Gasteiger charge is -2.11. The zero-order valence-corrected chi connectivity index (χ0v) is 16.9. The van der Waals surface area contributed by atoms with Crippen LogP contribution < -0.4 is 4.74 Å². The predicted molar refractivity (Wildman–Crippen MR) is 102 cm³/mol. The standard InChI is InChI=1S/C17H17BrN4O4S/c1-27(23,24)25-10-12-3-2-8-19-17(12)26-14-7-6-13-16(15(14)18)20-21-22(13)9-11-4-5-11/h2-3,6-8,11H,4-5,9-10H2,1H3. The van der Waals surface area contributed by atoms with Crippen LogP contribution in [0.25, 0.3) is 11.0 Å². The van der Waals surface area contributed by atoms with Crippen molar-refractivity contribution in [1.29, 1.82) is 0 Å². The van der Waals surface area contributed by atoms with Crippen molar-refractivity contribution in [3.05, 3.63) is 40.5 Å². The van der Waals surface area contributed by atoms with Crippen molar-refractivity contribution in [3.63, 3.8) is 0 Å². The quantitative estimate of drug-likeness (QED) is 0.507. The second kappa shape index (κ2) is 7.17. The van der Waals surface area contributed by atoms with Gasteiger partial charge in [0.25, 0.3) is 10.1 Å². The lowest BCUT2D eigenvalue weighted by Crippen LogP contribution is -2.04. The van der Waals surface area contributed by atoms with Gasteiger partial charge in [0.1, 0.15) is 11.3 Å². The summed E-state index contributed by atoms with van der Waals surface area (Å²) in [6.45, 7) is 0.718. The van der Waals surface area contributed by atoms with E-state index in [1.807, 2.05) is 16.8 Å². The highest BCUT2D eigenvalue weighted by Crippen LogP contribution is 2.37. The molecule has 1 saturated carbocycles. The Kier molecular flexibility index (Phi) is 4.87. The van der Waals surface area contributed by atoms with Crippen molar-refractivity contribution in [2.75, 3.05) is 6.26 Å². The zero-order chi connectivity index (χ0) is 19.0. The van der Waals surface area contributed by atoms with E-state index in [1.165, 1.54) is 12.8 Å². The SMILES string of the molecule is CS(=O)(=O)OCc1cccnc1Oc1ccc2c(nnn2CC2CC2)c1Br. The number of hydrogen-bond acceptors (Lipinski definition) is 7. The molecule has 0 saturated heterocycles. The number of benzene rings is 1. The topological polar surface area (TPSA) is 96.2 Å². The molecule has 8 nitrogen and oxygen atoms in total. The Labute approximate surface area is 164 Å². The minimum atomic E-state index is -3.56. The molecule has 0 radical (unpaired) electrons. The van der Waals surface area contributed by atoms with E-state index in [9.17, 15) is 8.42 Å². The molecule has 0 aliphatic heterocycles. The van der Waals surface area contributed by atoms with Gasteiger partial charge >= 0.3 is 0 Å². The van der Waals surface area contributed by atoms with Gasteiger partial charge in [-0.3, -0.25) is 4.18 Å². The third-order valence-corrected chi connectivity index (χ3v) is 5.52. The molecule has 0 amide bonds. The zero-order valence-electron chi connectivity index (χ0n) is 14.5. The van der Waals surface area contributed by atoms with Gasteiger partial charge in [-0.2, -0.15) is 8.42 Å². The van der Waals surface area contributed by atoms with E-state index < -0.39 is 10.1 Å². The van der Waals surface area contributed by atoms with Crippen LogP contribution >= 0.6 is 15.9 Å². The van der Waals surface area contributed by atoms with Gasteiger partial charge in [-0.1, -0.05) is 5.21 Å². The molecule has 0 unspecified atom stereocenters. The molecule has 3 aromatic rings. The van der Waals surface area contributed by atoms with Gasteiger partial charge in [0.15, 0.2) is 0 Å². The molecule has 27 heavy (non-hydrogen) atoms. The highest BCUT2D eigenvalue weighted by molar-refractivity contribution is 9.10. The molecule has 0 spiro atoms. The van der Waals surface area contributed by atoms with Gasteiger partial charge in [0.05, 0.1) is 22.9 Å². The second-order valence-electron chi connectivity index (χ2n) is 6.50. The summed E-state index contributed by atoms with van der Waals surface area (Å²) in [7, 11) is -3.56. The van der Waals surface area contributed by atoms with Crippen LogP contribution in [0.3, 0.4) is 0 Å². The first kappa shape index (κ1) is 18.3. The average molecular weight is 453 g/mol. The Hall–Kier alpha value is -2.04. The van der Waals surface area contributed by atoms with Crippen molar-refractivity contribution >= 4 is 37.1 Å². The van der Waals surface area contributed by atoms with E-state index in [0.717, 1.165) is 18.3 Å². The molecule has 0 atom stereocenters. The molecular formula is C17H17BrN4O4S. The minimum absolute atomic E-state index is 0.153. The Morgan fingerprint density at radius 2 is 2.11 bits per heavy atom. The smallest absolute Gasteiger partial charge is 0.264 e. The third kappa shape index (κ3) is 4.28. The van der Waals surface area contributed by atoms with Crippen molar-refractivity contribution in [2.45, 2.75) is 26.0 Å². The fraction of sp³-hybridized carbons (Fsp3) is 0.353. The molecule has 2 aromatic heterocycles. The Morgan fingerprint density at radius 3 is 2.85 bits per heavy atom. The maximum Gasteiger partial charge on any atom is 0.264 e. The molecule has 1 aromatic carbocycles. The van der Waals surface area contributed by atoms with Crippen LogP contribution in [0, 0.1) is 5.92 Å². The number of halogens is 1. The number of pyridine rings is 1. The van der Waals surface area contributed by atoms with Gasteiger partial charge in [-0.05, 0) is 59.0 Å². The van der Waals surface area contributed by atoms with Gasteiger partial charge < -0.3 is 4.74 Å². The predicted octanol–water partition coefficient (Wildman–Crippen LogP) is 3.27. The van der Waals surface area contributed by atoms with Crippen molar-refractivity contribution < 1.29 is 17.3 Å². The van der Waals surface area contributed by atoms with Gasteiger partial charge in [-0.25, -0.2) is 9.67 Å². The maximum atomic E-state index is 11.2. The van der Waals surface area contributed by atoms with Crippen LogP contribution in [-0.2, 0) is 27.5 Å². The van der Waals surface area contributed by atoms with Gasteiger partial charge in [0, 0.05) is 18.3 Å². The molecule has 0 bridgehead atoms. The Balaban J connectivity index is 1.61. The van der Waals surface area contributed by atoms with Crippen LogP contribution in [0.5, 0.6) is 11.6 Å². The van der Waals surface area contributed by atoms with E-state index >= 15 is 0 Å². The highest BCUT2D eigenvalue weighted by atomic mass is 79.9. The number of fused-ring (bicyclic) bond motifs is 1. The molecule has 1 fully saturated rings. The Morgan fingerprint density at radius 1 is 1.30 bits per heavy atom. The molecule has 2 heterocycles. The number of ether oxygens (including phenoxy) is 1. The summed E-state index contributed by atoms with van der Waals surface area (Å²) in [6, 6.07) is 7.11. The monoisotopic (exact) mass is 452 g/mol. The van der Waals surface area contributed by atoms with Crippen LogP contribution in [0.4, 0.5) is 0 Å². The Bertz CT molecular complexity index is 1100. The molecular weight excluding hydrogens is 436 g/mol. The minimum Gasteiger partial charge on any atom is -0.437 e. The van der Waals surface area contributed by atoms with Crippen molar-refractivity contribution in [1.82, 2.24) is 20.0 Å². The first-order valence-electron chi connectivity index (χ1n) is 8.38. The summed E-state index contributed by atoms with van der Waals surface area (Å²) in [5.74, 6) is 1.47. The van der Waals surface area contributed by atoms with E-state index in [-0.39, 0.29) is 12.5 Å². The van der Waals surface area contributed by atoms with Crippen LogP contribution in [0.2, 0.25) is 0 Å². The largest absolute Gasteiger partial charge is 0.437 e. The summed E-state index contributed by atoms with van der Waals surface area (Å²) in [4.78, 5) is 4.19. The fourth-order valence-corrected chi connectivity index (χ4v) is 3.48. The first-order valence-corrected chi connectivity index (χ1v) is 11.0. The highest BCUT2D eigenvalue weighted by Gasteiger charge is 2.24. The number of hydrogen-bond donors (Lipinski definition) is 0. The average Bonchev–Trinajstić information content (AvgIpc) is 3.34. The number of nitrogens with zero attached hydrogens (tertiary/aromatic N) is 4. The van der Waals surface area contributed by atoms with Crippen LogP contribution in [0.1, 0.15) is 18.4 Å². The molecule has 0 N–H and O–H groups in total. The van der Waals surface area contributed by atoms with Crippen LogP contribution in [-0.4, -0.2) is 34.7 Å². The van der Waals surface area contributed by atoms with E-state index in [0.29, 0.717) is 27.2 Å². The summed E-state index contributed by atoms with van der Waals surface area (Å²) < 4.78 is 35.8. The first-order chi connectivity index (χ1) is 12.9. The van der Waals surface area contributed by atoms with Gasteiger partial charge in [-0.15, -0.1) is 5.10 Å². The second-order valence-corrected chi connectivity index (χ2v) is 8.93. The molecule has 142 valence electrons. The molecule has 1 aliphatic carbocycles. The molecule has 10 heteroatoms. The fourth-order valence-electron chi connectivity index (χ4n) is 2.65. The lowest BCUT2D eigenvalue weighted by molar-refractivity contribution is 0.304. The summed E-state index contributed by atoms with van der Waals surface area (Å²) in [6.07, 6.45) is 5.04. The molecule has 1 aliphatic rings. The summed E-state index contributed by atoms with van der Waals surface area (Å²) >= 11 is 3.53. The van der Waals surface area contributed by atoms with E-state index in [1.54, 1.807) is 18.3 Å². The summed E-state index contributed by atoms with van der Waals surface area (Å²) in [5.41, 5.74) is 2.16. The van der Waals surface area contributed by atoms with E-state index in [4.69, 9.17) is 8.92 Å². The van der Waals surface area contributed by atoms with Crippen molar-refractivity contribution in [3.8, 4) is 11.6 Å².